The van der Waals surface area contributed by atoms with Gasteiger partial charge in [-0.1, -0.05) is 37.6 Å². The summed E-state index contributed by atoms with van der Waals surface area (Å²) in [6.45, 7) is 4.49. The van der Waals surface area contributed by atoms with Crippen LogP contribution in [0, 0.1) is 0 Å². The number of benzene rings is 1. The average Bonchev–Trinajstić information content (AvgIpc) is 2.90. The number of rotatable bonds is 2. The van der Waals surface area contributed by atoms with Gasteiger partial charge in [0, 0.05) is 27.7 Å². The molecule has 1 aromatic carbocycles. The lowest BCUT2D eigenvalue weighted by Crippen LogP contribution is -2.30. The number of nitrogens with one attached hydrogen (secondary N) is 1. The third kappa shape index (κ3) is 1.82. The molecule has 0 aliphatic carbocycles. The highest BCUT2D eigenvalue weighted by Gasteiger charge is 2.35. The molecule has 2 heterocycles. The van der Waals surface area contributed by atoms with Crippen molar-refractivity contribution in [3.8, 4) is 0 Å². The van der Waals surface area contributed by atoms with Crippen molar-refractivity contribution < 1.29 is 0 Å². The quantitative estimate of drug-likeness (QED) is 0.884. The fraction of sp³-hybridized carbons (Fsp3) is 0.286. The predicted molar refractivity (Wildman–Crippen MR) is 78.1 cm³/mol. The molecule has 0 atom stereocenters. The van der Waals surface area contributed by atoms with Crippen LogP contribution in [0.4, 0.5) is 0 Å². The van der Waals surface area contributed by atoms with Crippen LogP contribution in [-0.4, -0.2) is 10.8 Å². The summed E-state index contributed by atoms with van der Waals surface area (Å²) in [6.07, 6.45) is 2.11. The summed E-state index contributed by atoms with van der Waals surface area (Å²) in [7, 11) is 0. The van der Waals surface area contributed by atoms with Crippen molar-refractivity contribution in [3.05, 3.63) is 58.0 Å². The Balaban J connectivity index is 1.95. The average molecular weight is 279 g/mol. The molecule has 4 heteroatoms. The Morgan fingerprint density at radius 2 is 2.00 bits per heavy atom. The second-order valence-corrected chi connectivity index (χ2v) is 6.30. The minimum atomic E-state index is -0.0297. The van der Waals surface area contributed by atoms with Crippen LogP contribution in [0.25, 0.3) is 0 Å². The van der Waals surface area contributed by atoms with Gasteiger partial charge in [-0.25, -0.2) is 0 Å². The van der Waals surface area contributed by atoms with Crippen LogP contribution in [0.1, 0.15) is 19.4 Å². The molecule has 1 N–H and O–H groups in total. The van der Waals surface area contributed by atoms with E-state index < -0.39 is 0 Å². The molecule has 94 valence electrons. The maximum absolute atomic E-state index is 5.96. The summed E-state index contributed by atoms with van der Waals surface area (Å²) in [5, 5.41) is 6.28. The van der Waals surface area contributed by atoms with Gasteiger partial charge in [0.15, 0.2) is 0 Å². The minimum absolute atomic E-state index is 0.0297. The van der Waals surface area contributed by atoms with Crippen molar-refractivity contribution in [2.24, 2.45) is 0 Å². The summed E-state index contributed by atoms with van der Waals surface area (Å²) in [5.41, 5.74) is 2.55. The number of hydrogen-bond acceptors (Lipinski definition) is 3. The van der Waals surface area contributed by atoms with E-state index in [1.807, 2.05) is 23.9 Å². The van der Waals surface area contributed by atoms with Gasteiger partial charge in [-0.3, -0.25) is 0 Å². The number of hydrogen-bond donors (Lipinski definition) is 1. The molecule has 0 saturated heterocycles. The first-order valence-electron chi connectivity index (χ1n) is 5.91. The lowest BCUT2D eigenvalue weighted by Gasteiger charge is -2.32. The number of fused-ring (bicyclic) bond motifs is 1. The molecule has 0 bridgehead atoms. The molecule has 0 saturated carbocycles. The highest BCUT2D eigenvalue weighted by molar-refractivity contribution is 8.02. The van der Waals surface area contributed by atoms with Crippen molar-refractivity contribution in [2.75, 3.05) is 5.88 Å². The van der Waals surface area contributed by atoms with E-state index >= 15 is 0 Å². The second kappa shape index (κ2) is 4.25. The SMILES string of the molecule is CC(C)(C1=CNC2=CSCN21)c1ccc(Cl)cc1. The van der Waals surface area contributed by atoms with Crippen LogP contribution < -0.4 is 5.32 Å². The molecule has 1 aromatic rings. The Labute approximate surface area is 117 Å². The lowest BCUT2D eigenvalue weighted by atomic mass is 9.81. The molecule has 0 radical (unpaired) electrons. The fourth-order valence-corrected chi connectivity index (χ4v) is 3.37. The molecule has 0 aromatic heterocycles. The van der Waals surface area contributed by atoms with Crippen LogP contribution in [0.3, 0.4) is 0 Å². The van der Waals surface area contributed by atoms with E-state index in [0.717, 1.165) is 10.9 Å². The molecular formula is C14H15ClN2S. The van der Waals surface area contributed by atoms with Gasteiger partial charge in [-0.05, 0) is 17.7 Å². The topological polar surface area (TPSA) is 15.3 Å². The summed E-state index contributed by atoms with van der Waals surface area (Å²) in [5.74, 6) is 2.18. The summed E-state index contributed by atoms with van der Waals surface area (Å²) < 4.78 is 0. The molecule has 18 heavy (non-hydrogen) atoms. The zero-order valence-corrected chi connectivity index (χ0v) is 12.0. The van der Waals surface area contributed by atoms with E-state index in [1.165, 1.54) is 17.1 Å². The third-order valence-corrected chi connectivity index (χ3v) is 4.59. The molecule has 3 rings (SSSR count). The fourth-order valence-electron chi connectivity index (χ4n) is 2.39. The first-order valence-corrected chi connectivity index (χ1v) is 7.34. The van der Waals surface area contributed by atoms with Crippen molar-refractivity contribution in [3.63, 3.8) is 0 Å². The molecule has 2 nitrogen and oxygen atoms in total. The van der Waals surface area contributed by atoms with Gasteiger partial charge in [0.05, 0.1) is 5.88 Å². The lowest BCUT2D eigenvalue weighted by molar-refractivity contribution is 0.422. The normalized spacial score (nSPS) is 18.3. The first kappa shape index (κ1) is 12.0. The highest BCUT2D eigenvalue weighted by atomic mass is 35.5. The van der Waals surface area contributed by atoms with Crippen LogP contribution in [0.2, 0.25) is 5.02 Å². The van der Waals surface area contributed by atoms with Gasteiger partial charge in [0.2, 0.25) is 0 Å². The van der Waals surface area contributed by atoms with Crippen molar-refractivity contribution in [1.29, 1.82) is 0 Å². The van der Waals surface area contributed by atoms with Gasteiger partial charge in [-0.15, -0.1) is 11.8 Å². The molecule has 2 aliphatic rings. The Bertz CT molecular complexity index is 531. The maximum Gasteiger partial charge on any atom is 0.117 e. The van der Waals surface area contributed by atoms with Gasteiger partial charge in [0.1, 0.15) is 5.82 Å². The number of allylic oxidation sites excluding steroid dienone is 1. The number of halogens is 1. The largest absolute Gasteiger partial charge is 0.346 e. The van der Waals surface area contributed by atoms with Gasteiger partial charge in [0.25, 0.3) is 0 Å². The zero-order chi connectivity index (χ0) is 12.8. The molecular weight excluding hydrogens is 264 g/mol. The van der Waals surface area contributed by atoms with Crippen molar-refractivity contribution in [1.82, 2.24) is 10.2 Å². The molecule has 2 aliphatic heterocycles. The number of nitrogens with zero attached hydrogens (tertiary/aromatic N) is 1. The Morgan fingerprint density at radius 3 is 2.72 bits per heavy atom. The summed E-state index contributed by atoms with van der Waals surface area (Å²) >= 11 is 7.78. The molecule has 0 fully saturated rings. The van der Waals surface area contributed by atoms with Crippen molar-refractivity contribution >= 4 is 23.4 Å². The maximum atomic E-state index is 5.96. The monoisotopic (exact) mass is 278 g/mol. The van der Waals surface area contributed by atoms with Gasteiger partial charge in [-0.2, -0.15) is 0 Å². The minimum Gasteiger partial charge on any atom is -0.346 e. The standard InChI is InChI=1S/C14H15ClN2S/c1-14(2,10-3-5-11(15)6-4-10)12-7-16-13-8-18-9-17(12)13/h3-8,16H,9H2,1-2H3. The number of thioether (sulfide) groups is 1. The second-order valence-electron chi connectivity index (χ2n) is 5.03. The van der Waals surface area contributed by atoms with Crippen LogP contribution >= 0.6 is 23.4 Å². The Kier molecular flexibility index (Phi) is 2.83. The van der Waals surface area contributed by atoms with E-state index in [-0.39, 0.29) is 5.41 Å². The molecule has 0 amide bonds. The first-order chi connectivity index (χ1) is 8.59. The summed E-state index contributed by atoms with van der Waals surface area (Å²) in [4.78, 5) is 2.33. The molecule has 0 spiro atoms. The van der Waals surface area contributed by atoms with E-state index in [4.69, 9.17) is 11.6 Å². The zero-order valence-electron chi connectivity index (χ0n) is 10.4. The van der Waals surface area contributed by atoms with E-state index in [1.54, 1.807) is 0 Å². The van der Waals surface area contributed by atoms with E-state index in [2.05, 4.69) is 47.8 Å². The smallest absolute Gasteiger partial charge is 0.117 e. The van der Waals surface area contributed by atoms with Gasteiger partial charge >= 0.3 is 0 Å². The van der Waals surface area contributed by atoms with Gasteiger partial charge < -0.3 is 10.2 Å². The van der Waals surface area contributed by atoms with Crippen LogP contribution in [0.15, 0.2) is 47.4 Å². The van der Waals surface area contributed by atoms with E-state index in [9.17, 15) is 0 Å². The third-order valence-electron chi connectivity index (χ3n) is 3.54. The highest BCUT2D eigenvalue weighted by Crippen LogP contribution is 2.40. The predicted octanol–water partition coefficient (Wildman–Crippen LogP) is 3.87. The molecule has 0 unspecified atom stereocenters. The summed E-state index contributed by atoms with van der Waals surface area (Å²) in [6, 6.07) is 8.12. The van der Waals surface area contributed by atoms with Crippen LogP contribution in [0.5, 0.6) is 0 Å². The van der Waals surface area contributed by atoms with E-state index in [0.29, 0.717) is 0 Å². The van der Waals surface area contributed by atoms with Crippen molar-refractivity contribution in [2.45, 2.75) is 19.3 Å². The Morgan fingerprint density at radius 1 is 1.28 bits per heavy atom. The van der Waals surface area contributed by atoms with Crippen LogP contribution in [-0.2, 0) is 5.41 Å². The Hall–Kier alpha value is -1.06.